The quantitative estimate of drug-likeness (QED) is 0.249. The number of hydrogen-bond acceptors (Lipinski definition) is 7. The van der Waals surface area contributed by atoms with E-state index < -0.39 is 64.5 Å². The number of likely N-dealkylation sites (N-methyl/N-ethyl adjacent to an activating group) is 1. The van der Waals surface area contributed by atoms with Crippen LogP contribution in [-0.4, -0.2) is 113 Å². The molecule has 0 aromatic carbocycles. The lowest BCUT2D eigenvalue weighted by atomic mass is 9.73. The van der Waals surface area contributed by atoms with Gasteiger partial charge in [0, 0.05) is 37.1 Å². The maximum Gasteiger partial charge on any atom is 0.316 e. The number of piperazine rings is 1. The molecule has 6 amide bonds. The van der Waals surface area contributed by atoms with Crippen LogP contribution < -0.4 is 21.7 Å². The van der Waals surface area contributed by atoms with E-state index in [1.54, 1.807) is 4.90 Å². The van der Waals surface area contributed by atoms with E-state index in [2.05, 4.69) is 48.5 Å². The number of nitrogens with zero attached hydrogens (tertiary/aromatic N) is 3. The molecule has 5 N–H and O–H groups in total. The lowest BCUT2D eigenvalue weighted by molar-refractivity contribution is -0.143. The van der Waals surface area contributed by atoms with Crippen molar-refractivity contribution in [2.45, 2.75) is 150 Å². The number of ketones is 1. The lowest BCUT2D eigenvalue weighted by Gasteiger charge is -2.47. The molecule has 3 saturated carbocycles. The SMILES string of the molecule is CN1CCN(C(=O)[C@@H](NC(=O)N[C@H](C(=O)N2C[C@]3(C[C@H]2C(=O)NC(CC2CCC2)C(=O)C(N)=O)C(C)(C)C32CCC2)C(C)(C)C)C(C)(C)C)CC1(C)C. The maximum absolute atomic E-state index is 14.9. The number of nitrogens with one attached hydrogen (secondary N) is 3. The van der Waals surface area contributed by atoms with Crippen molar-refractivity contribution < 1.29 is 28.8 Å². The van der Waals surface area contributed by atoms with E-state index in [9.17, 15) is 28.8 Å². The summed E-state index contributed by atoms with van der Waals surface area (Å²) < 4.78 is 0. The molecule has 2 saturated heterocycles. The number of Topliss-reactive ketones (excluding diaryl/α,β-unsaturated/α-hetero) is 1. The summed E-state index contributed by atoms with van der Waals surface area (Å²) in [7, 11) is 2.04. The topological polar surface area (TPSA) is 174 Å². The Morgan fingerprint density at radius 3 is 1.77 bits per heavy atom. The van der Waals surface area contributed by atoms with E-state index in [-0.39, 0.29) is 33.6 Å². The number of nitrogens with two attached hydrogens (primary N) is 1. The van der Waals surface area contributed by atoms with Crippen LogP contribution in [0.5, 0.6) is 0 Å². The molecular weight excluding hydrogens is 674 g/mol. The first kappa shape index (κ1) is 41.0. The van der Waals surface area contributed by atoms with E-state index in [0.717, 1.165) is 38.5 Å². The zero-order valence-corrected chi connectivity index (χ0v) is 34.2. The smallest absolute Gasteiger partial charge is 0.316 e. The van der Waals surface area contributed by atoms with Gasteiger partial charge in [-0.25, -0.2) is 4.79 Å². The molecule has 2 spiro atoms. The Kier molecular flexibility index (Phi) is 10.7. The highest BCUT2D eigenvalue weighted by atomic mass is 16.2. The molecule has 2 aliphatic heterocycles. The highest BCUT2D eigenvalue weighted by Gasteiger charge is 2.85. The second-order valence-corrected chi connectivity index (χ2v) is 20.4. The number of fused-ring (bicyclic) bond motifs is 1. The first-order valence-electron chi connectivity index (χ1n) is 19.8. The maximum atomic E-state index is 14.9. The fourth-order valence-corrected chi connectivity index (χ4v) is 10.2. The van der Waals surface area contributed by atoms with Gasteiger partial charge in [-0.15, -0.1) is 0 Å². The molecule has 5 aliphatic rings. The van der Waals surface area contributed by atoms with Gasteiger partial charge in [0.2, 0.25) is 23.5 Å². The number of primary amides is 1. The van der Waals surface area contributed by atoms with Gasteiger partial charge in [0.1, 0.15) is 18.1 Å². The molecule has 53 heavy (non-hydrogen) atoms. The molecule has 0 aromatic heterocycles. The van der Waals surface area contributed by atoms with Gasteiger partial charge in [0.15, 0.2) is 0 Å². The summed E-state index contributed by atoms with van der Waals surface area (Å²) in [6.45, 7) is 22.1. The van der Waals surface area contributed by atoms with Gasteiger partial charge in [-0.1, -0.05) is 81.1 Å². The Morgan fingerprint density at radius 2 is 1.34 bits per heavy atom. The van der Waals surface area contributed by atoms with E-state index in [0.29, 0.717) is 39.0 Å². The van der Waals surface area contributed by atoms with Crippen LogP contribution in [-0.2, 0) is 24.0 Å². The minimum atomic E-state index is -1.09. The van der Waals surface area contributed by atoms with Gasteiger partial charge in [0.05, 0.1) is 6.04 Å². The average Bonchev–Trinajstić information content (AvgIpc) is 3.21. The van der Waals surface area contributed by atoms with Gasteiger partial charge in [0.25, 0.3) is 5.91 Å². The summed E-state index contributed by atoms with van der Waals surface area (Å²) in [6.07, 6.45) is 6.79. The Bertz CT molecular complexity index is 1500. The van der Waals surface area contributed by atoms with Crippen molar-refractivity contribution in [1.82, 2.24) is 30.7 Å². The fourth-order valence-electron chi connectivity index (χ4n) is 10.2. The highest BCUT2D eigenvalue weighted by Crippen LogP contribution is 2.88. The standard InChI is InChI=1S/C40H67N7O6/c1-35(2,3)28(32(51)46-19-18-45(11)37(7,8)22-46)43-34(53)44-29(36(4,5)6)33(52)47-23-40(38(9,10)39(40)16-13-17-39)21-26(47)31(50)42-25(27(48)30(41)49)20-24-14-12-15-24/h24-26,28-29H,12-23H2,1-11H3,(H2,41,49)(H,42,50)(H2,43,44,53)/t25?,26-,28+,29+,40+/m0/s1. The molecule has 0 bridgehead atoms. The Morgan fingerprint density at radius 1 is 0.774 bits per heavy atom. The molecular formula is C40H67N7O6. The Hall–Kier alpha value is -3.22. The van der Waals surface area contributed by atoms with Gasteiger partial charge in [-0.05, 0) is 74.2 Å². The second-order valence-electron chi connectivity index (χ2n) is 20.4. The largest absolute Gasteiger partial charge is 0.363 e. The zero-order chi connectivity index (χ0) is 39.7. The van der Waals surface area contributed by atoms with Crippen molar-refractivity contribution in [1.29, 1.82) is 0 Å². The van der Waals surface area contributed by atoms with Crippen molar-refractivity contribution in [3.63, 3.8) is 0 Å². The van der Waals surface area contributed by atoms with Crippen LogP contribution in [0.25, 0.3) is 0 Å². The molecule has 5 fully saturated rings. The summed E-state index contributed by atoms with van der Waals surface area (Å²) in [6, 6.07) is -4.48. The van der Waals surface area contributed by atoms with Crippen molar-refractivity contribution in [2.75, 3.05) is 33.2 Å². The summed E-state index contributed by atoms with van der Waals surface area (Å²) in [5.74, 6) is -2.73. The van der Waals surface area contributed by atoms with Gasteiger partial charge in [-0.3, -0.25) is 28.9 Å². The Balaban J connectivity index is 1.39. The van der Waals surface area contributed by atoms with Crippen LogP contribution in [0, 0.1) is 33.0 Å². The minimum absolute atomic E-state index is 0.0160. The number of likely N-dealkylation sites (tertiary alicyclic amines) is 1. The zero-order valence-electron chi connectivity index (χ0n) is 34.2. The molecule has 5 atom stereocenters. The molecule has 0 radical (unpaired) electrons. The third-order valence-corrected chi connectivity index (χ3v) is 14.5. The van der Waals surface area contributed by atoms with Crippen LogP contribution in [0.4, 0.5) is 4.79 Å². The fraction of sp³-hybridized carbons (Fsp3) is 0.850. The van der Waals surface area contributed by atoms with Crippen molar-refractivity contribution in [2.24, 2.45) is 38.7 Å². The van der Waals surface area contributed by atoms with Crippen LogP contribution >= 0.6 is 0 Å². The minimum Gasteiger partial charge on any atom is -0.363 e. The molecule has 0 aromatic rings. The van der Waals surface area contributed by atoms with Crippen molar-refractivity contribution >= 4 is 35.4 Å². The highest BCUT2D eigenvalue weighted by molar-refractivity contribution is 6.37. The van der Waals surface area contributed by atoms with E-state index in [1.807, 2.05) is 53.5 Å². The van der Waals surface area contributed by atoms with Crippen LogP contribution in [0.2, 0.25) is 0 Å². The molecule has 13 nitrogen and oxygen atoms in total. The molecule has 3 aliphatic carbocycles. The van der Waals surface area contributed by atoms with Gasteiger partial charge < -0.3 is 31.5 Å². The lowest BCUT2D eigenvalue weighted by Crippen LogP contribution is -2.65. The summed E-state index contributed by atoms with van der Waals surface area (Å²) >= 11 is 0. The number of amides is 6. The number of carbonyl (C=O) groups excluding carboxylic acids is 6. The number of urea groups is 1. The average molecular weight is 742 g/mol. The monoisotopic (exact) mass is 742 g/mol. The van der Waals surface area contributed by atoms with E-state index in [1.165, 1.54) is 0 Å². The van der Waals surface area contributed by atoms with Gasteiger partial charge >= 0.3 is 6.03 Å². The van der Waals surface area contributed by atoms with Crippen LogP contribution in [0.15, 0.2) is 0 Å². The molecule has 13 heteroatoms. The molecule has 5 rings (SSSR count). The summed E-state index contributed by atoms with van der Waals surface area (Å²) in [4.78, 5) is 87.8. The number of rotatable bonds is 10. The Labute approximate surface area is 316 Å². The first-order valence-corrected chi connectivity index (χ1v) is 19.8. The normalized spacial score (nSPS) is 27.9. The third kappa shape index (κ3) is 7.20. The van der Waals surface area contributed by atoms with Crippen molar-refractivity contribution in [3.8, 4) is 0 Å². The van der Waals surface area contributed by atoms with Crippen molar-refractivity contribution in [3.05, 3.63) is 0 Å². The van der Waals surface area contributed by atoms with Crippen LogP contribution in [0.3, 0.4) is 0 Å². The second kappa shape index (κ2) is 13.8. The van der Waals surface area contributed by atoms with E-state index in [4.69, 9.17) is 5.73 Å². The molecule has 298 valence electrons. The summed E-state index contributed by atoms with van der Waals surface area (Å²) in [5.41, 5.74) is 3.42. The van der Waals surface area contributed by atoms with E-state index >= 15 is 0 Å². The predicted octanol–water partition coefficient (Wildman–Crippen LogP) is 3.19. The third-order valence-electron chi connectivity index (χ3n) is 14.5. The number of hydrogen-bond donors (Lipinski definition) is 4. The number of carbonyl (C=O) groups is 6. The molecule has 1 unspecified atom stereocenters. The predicted molar refractivity (Wildman–Crippen MR) is 202 cm³/mol. The first-order chi connectivity index (χ1) is 24.3. The van der Waals surface area contributed by atoms with Gasteiger partial charge in [-0.2, -0.15) is 0 Å². The molecule has 2 heterocycles. The summed E-state index contributed by atoms with van der Waals surface area (Å²) in [5, 5.41) is 8.75. The van der Waals surface area contributed by atoms with Crippen LogP contribution in [0.1, 0.15) is 121 Å².